The molecule has 0 aliphatic carbocycles. The molecule has 0 spiro atoms. The Morgan fingerprint density at radius 3 is 1.65 bits per heavy atom. The lowest BCUT2D eigenvalue weighted by molar-refractivity contribution is -0.207. The van der Waals surface area contributed by atoms with Crippen LogP contribution in [-0.4, -0.2) is 4.73 Å². The van der Waals surface area contributed by atoms with Crippen LogP contribution in [0.3, 0.4) is 0 Å². The van der Waals surface area contributed by atoms with Gasteiger partial charge in [0.05, 0.1) is 0 Å². The quantitative estimate of drug-likeness (QED) is 0.358. The zero-order chi connectivity index (χ0) is 17.8. The van der Waals surface area contributed by atoms with Gasteiger partial charge in [-0.05, 0) is 35.4 Å². The molecule has 0 saturated carbocycles. The van der Waals surface area contributed by atoms with Crippen LogP contribution >= 0.6 is 0 Å². The predicted molar refractivity (Wildman–Crippen MR) is 98.9 cm³/mol. The van der Waals surface area contributed by atoms with E-state index in [0.29, 0.717) is 16.9 Å². The average molecular weight is 345 g/mol. The van der Waals surface area contributed by atoms with Gasteiger partial charge in [-0.1, -0.05) is 60.7 Å². The molecule has 4 heteroatoms. The molecule has 0 amide bonds. The molecule has 26 heavy (non-hydrogen) atoms. The lowest BCUT2D eigenvalue weighted by Gasteiger charge is -2.15. The van der Waals surface area contributed by atoms with Crippen LogP contribution in [0.4, 0.5) is 4.39 Å². The van der Waals surface area contributed by atoms with Crippen molar-refractivity contribution in [2.45, 2.75) is 0 Å². The van der Waals surface area contributed by atoms with Gasteiger partial charge in [-0.25, -0.2) is 4.39 Å². The number of benzene rings is 3. The summed E-state index contributed by atoms with van der Waals surface area (Å²) in [5.41, 5.74) is 2.93. The first kappa shape index (κ1) is 16.0. The Hall–Kier alpha value is -3.53. The van der Waals surface area contributed by atoms with Crippen molar-refractivity contribution in [1.29, 1.82) is 0 Å². The zero-order valence-electron chi connectivity index (χ0n) is 13.9. The van der Waals surface area contributed by atoms with Crippen LogP contribution in [0.5, 0.6) is 5.75 Å². The highest BCUT2D eigenvalue weighted by Gasteiger charge is 2.17. The van der Waals surface area contributed by atoms with Crippen LogP contribution in [0.25, 0.3) is 22.3 Å². The van der Waals surface area contributed by atoms with E-state index in [0.717, 1.165) is 11.1 Å². The van der Waals surface area contributed by atoms with Crippen LogP contribution in [0.15, 0.2) is 97.3 Å². The van der Waals surface area contributed by atoms with Gasteiger partial charge < -0.3 is 0 Å². The van der Waals surface area contributed by atoms with Crippen molar-refractivity contribution in [3.63, 3.8) is 0 Å². The largest absolute Gasteiger partial charge is 0.268 e. The second-order valence-corrected chi connectivity index (χ2v) is 5.76. The van der Waals surface area contributed by atoms with E-state index >= 15 is 0 Å². The maximum Gasteiger partial charge on any atom is 0.196 e. The number of aromatic nitrogens is 1. The Labute approximate surface area is 150 Å². The molecule has 4 aromatic rings. The summed E-state index contributed by atoms with van der Waals surface area (Å²) in [6.45, 7) is 0. The molecule has 0 saturated heterocycles. The summed E-state index contributed by atoms with van der Waals surface area (Å²) in [7, 11) is 0. The van der Waals surface area contributed by atoms with Gasteiger partial charge in [-0.3, -0.25) is 4.89 Å². The minimum absolute atomic E-state index is 0.337. The Balaban J connectivity index is 1.85. The molecule has 0 aliphatic heterocycles. The summed E-state index contributed by atoms with van der Waals surface area (Å²) in [5.74, 6) is 0.119. The highest BCUT2D eigenvalue weighted by molar-refractivity contribution is 5.82. The molecule has 1 heterocycles. The Morgan fingerprint density at radius 1 is 0.654 bits per heavy atom. The van der Waals surface area contributed by atoms with E-state index in [-0.39, 0.29) is 5.82 Å². The number of hydrogen-bond donors (Lipinski definition) is 0. The third-order valence-corrected chi connectivity index (χ3v) is 4.01. The Bertz CT molecular complexity index is 923. The first-order valence-corrected chi connectivity index (χ1v) is 8.23. The van der Waals surface area contributed by atoms with Crippen molar-refractivity contribution in [2.24, 2.45) is 0 Å². The molecular formula is C22H16FNO2. The maximum absolute atomic E-state index is 14.4. The van der Waals surface area contributed by atoms with Crippen molar-refractivity contribution in [3.8, 4) is 28.0 Å². The van der Waals surface area contributed by atoms with Gasteiger partial charge in [-0.2, -0.15) is 4.99 Å². The summed E-state index contributed by atoms with van der Waals surface area (Å²) < 4.78 is 15.8. The second kappa shape index (κ2) is 7.15. The highest BCUT2D eigenvalue weighted by atomic mass is 19.1. The number of halogens is 1. The molecule has 0 radical (unpaired) electrons. The fourth-order valence-corrected chi connectivity index (χ4v) is 2.80. The first-order chi connectivity index (χ1) is 12.8. The van der Waals surface area contributed by atoms with Crippen LogP contribution in [0, 0.1) is 5.82 Å². The van der Waals surface area contributed by atoms with Gasteiger partial charge in [0.15, 0.2) is 5.75 Å². The Morgan fingerprint density at radius 2 is 1.15 bits per heavy atom. The molecule has 4 rings (SSSR count). The van der Waals surface area contributed by atoms with E-state index in [1.165, 1.54) is 16.9 Å². The summed E-state index contributed by atoms with van der Waals surface area (Å²) in [5, 5.41) is 0. The van der Waals surface area contributed by atoms with Crippen molar-refractivity contribution in [1.82, 2.24) is 4.73 Å². The van der Waals surface area contributed by atoms with Gasteiger partial charge in [0.1, 0.15) is 5.82 Å². The average Bonchev–Trinajstić information content (AvgIpc) is 3.21. The zero-order valence-corrected chi connectivity index (χ0v) is 13.9. The SMILES string of the molecule is Fc1cc(-c2ccccc2)c(OOn2cccc2)c(-c2ccccc2)c1. The van der Waals surface area contributed by atoms with Gasteiger partial charge in [0.25, 0.3) is 0 Å². The van der Waals surface area contributed by atoms with E-state index in [4.69, 9.17) is 9.88 Å². The molecule has 0 aliphatic rings. The van der Waals surface area contributed by atoms with Crippen LogP contribution in [0.2, 0.25) is 0 Å². The Kier molecular flexibility index (Phi) is 4.39. The third kappa shape index (κ3) is 3.30. The summed E-state index contributed by atoms with van der Waals surface area (Å²) in [6.07, 6.45) is 3.43. The second-order valence-electron chi connectivity index (χ2n) is 5.76. The smallest absolute Gasteiger partial charge is 0.196 e. The highest BCUT2D eigenvalue weighted by Crippen LogP contribution is 2.39. The van der Waals surface area contributed by atoms with Crippen LogP contribution in [0.1, 0.15) is 0 Å². The standard InChI is InChI=1S/C22H16FNO2/c23-19-15-20(17-9-3-1-4-10-17)22(25-26-24-13-7-8-14-24)21(16-19)18-11-5-2-6-12-18/h1-16H. The number of rotatable bonds is 5. The molecule has 0 atom stereocenters. The lowest BCUT2D eigenvalue weighted by atomic mass is 9.97. The number of nitrogens with zero attached hydrogens (tertiary/aromatic N) is 1. The van der Waals surface area contributed by atoms with Gasteiger partial charge in [-0.15, -0.1) is 4.73 Å². The molecular weight excluding hydrogens is 329 g/mol. The van der Waals surface area contributed by atoms with E-state index in [9.17, 15) is 4.39 Å². The van der Waals surface area contributed by atoms with Gasteiger partial charge in [0, 0.05) is 23.5 Å². The van der Waals surface area contributed by atoms with E-state index in [1.54, 1.807) is 12.4 Å². The molecule has 128 valence electrons. The fourth-order valence-electron chi connectivity index (χ4n) is 2.80. The molecule has 0 fully saturated rings. The molecule has 3 aromatic carbocycles. The molecule has 0 bridgehead atoms. The first-order valence-electron chi connectivity index (χ1n) is 8.23. The summed E-state index contributed by atoms with van der Waals surface area (Å²) in [4.78, 5) is 11.1. The maximum atomic E-state index is 14.4. The van der Waals surface area contributed by atoms with E-state index in [2.05, 4.69) is 0 Å². The minimum atomic E-state index is -0.337. The van der Waals surface area contributed by atoms with Crippen molar-refractivity contribution in [2.75, 3.05) is 0 Å². The molecule has 0 unspecified atom stereocenters. The molecule has 0 N–H and O–H groups in total. The normalized spacial score (nSPS) is 10.5. The van der Waals surface area contributed by atoms with Crippen LogP contribution in [-0.2, 0) is 0 Å². The summed E-state index contributed by atoms with van der Waals surface area (Å²) in [6, 6.07) is 25.6. The minimum Gasteiger partial charge on any atom is -0.268 e. The van der Waals surface area contributed by atoms with E-state index in [1.807, 2.05) is 72.8 Å². The van der Waals surface area contributed by atoms with Crippen molar-refractivity contribution < 1.29 is 14.3 Å². The van der Waals surface area contributed by atoms with Crippen molar-refractivity contribution in [3.05, 3.63) is 103 Å². The molecule has 3 nitrogen and oxygen atoms in total. The lowest BCUT2D eigenvalue weighted by Crippen LogP contribution is -2.14. The van der Waals surface area contributed by atoms with Crippen LogP contribution < -0.4 is 9.88 Å². The topological polar surface area (TPSA) is 23.4 Å². The number of hydrogen-bond acceptors (Lipinski definition) is 2. The molecule has 1 aromatic heterocycles. The van der Waals surface area contributed by atoms with Gasteiger partial charge in [0.2, 0.25) is 0 Å². The predicted octanol–water partition coefficient (Wildman–Crippen LogP) is 5.38. The van der Waals surface area contributed by atoms with E-state index < -0.39 is 0 Å². The fraction of sp³-hybridized carbons (Fsp3) is 0. The third-order valence-electron chi connectivity index (χ3n) is 4.01. The van der Waals surface area contributed by atoms with Gasteiger partial charge >= 0.3 is 0 Å². The summed E-state index contributed by atoms with van der Waals surface area (Å²) >= 11 is 0. The van der Waals surface area contributed by atoms with Crippen molar-refractivity contribution >= 4 is 0 Å². The monoisotopic (exact) mass is 345 g/mol.